The number of nitrogens with zero attached hydrogens (tertiary/aromatic N) is 2. The molecule has 0 bridgehead atoms. The molecule has 0 spiro atoms. The van der Waals surface area contributed by atoms with Crippen LogP contribution in [0.2, 0.25) is 10.0 Å². The lowest BCUT2D eigenvalue weighted by Crippen LogP contribution is -2.29. The van der Waals surface area contributed by atoms with Crippen LogP contribution in [-0.4, -0.2) is 16.1 Å². The number of hydrogen-bond acceptors (Lipinski definition) is 2. The summed E-state index contributed by atoms with van der Waals surface area (Å²) in [5, 5.41) is 8.73. The molecule has 1 aliphatic rings. The van der Waals surface area contributed by atoms with E-state index < -0.39 is 0 Å². The van der Waals surface area contributed by atoms with Gasteiger partial charge in [0, 0.05) is 26.9 Å². The predicted octanol–water partition coefficient (Wildman–Crippen LogP) is 6.13. The molecule has 0 radical (unpaired) electrons. The van der Waals surface area contributed by atoms with E-state index in [2.05, 4.69) is 10.2 Å². The SMILES string of the molecule is O=C1c2[nH]nc(-c3ccc(Cl)cc3)c2C(c2ccc(Cl)cc2)N1c1ccccc1. The minimum Gasteiger partial charge on any atom is -0.295 e. The Labute approximate surface area is 177 Å². The zero-order valence-corrected chi connectivity index (χ0v) is 16.7. The van der Waals surface area contributed by atoms with Gasteiger partial charge in [0.25, 0.3) is 5.91 Å². The molecule has 1 amide bonds. The summed E-state index contributed by atoms with van der Waals surface area (Å²) in [5.74, 6) is -0.112. The monoisotopic (exact) mass is 419 g/mol. The van der Waals surface area contributed by atoms with Gasteiger partial charge >= 0.3 is 0 Å². The fourth-order valence-corrected chi connectivity index (χ4v) is 4.04. The topological polar surface area (TPSA) is 49.0 Å². The van der Waals surface area contributed by atoms with E-state index in [0.29, 0.717) is 15.7 Å². The van der Waals surface area contributed by atoms with E-state index in [1.54, 1.807) is 4.90 Å². The van der Waals surface area contributed by atoms with Crippen molar-refractivity contribution >= 4 is 34.8 Å². The molecule has 2 heterocycles. The van der Waals surface area contributed by atoms with Crippen LogP contribution in [0.1, 0.15) is 27.7 Å². The molecule has 142 valence electrons. The second-order valence-electron chi connectivity index (χ2n) is 6.83. The van der Waals surface area contributed by atoms with E-state index in [1.165, 1.54) is 0 Å². The third-order valence-corrected chi connectivity index (χ3v) is 5.61. The number of aromatic amines is 1. The lowest BCUT2D eigenvalue weighted by atomic mass is 9.96. The van der Waals surface area contributed by atoms with Gasteiger partial charge in [0.15, 0.2) is 0 Å². The summed E-state index contributed by atoms with van der Waals surface area (Å²) < 4.78 is 0. The summed E-state index contributed by atoms with van der Waals surface area (Å²) in [7, 11) is 0. The number of benzene rings is 3. The molecule has 1 atom stereocenters. The second kappa shape index (κ2) is 7.07. The molecule has 6 heteroatoms. The average Bonchev–Trinajstić information content (AvgIpc) is 3.29. The normalized spacial score (nSPS) is 15.6. The maximum Gasteiger partial charge on any atom is 0.277 e. The summed E-state index contributed by atoms with van der Waals surface area (Å²) in [4.78, 5) is 15.2. The van der Waals surface area contributed by atoms with Crippen LogP contribution in [0.25, 0.3) is 11.3 Å². The number of para-hydroxylation sites is 1. The Balaban J connectivity index is 1.72. The molecular weight excluding hydrogens is 405 g/mol. The summed E-state index contributed by atoms with van der Waals surface area (Å²) in [6.45, 7) is 0. The molecule has 0 aliphatic carbocycles. The van der Waals surface area contributed by atoms with E-state index in [9.17, 15) is 4.79 Å². The van der Waals surface area contributed by atoms with E-state index in [-0.39, 0.29) is 11.9 Å². The maximum atomic E-state index is 13.4. The van der Waals surface area contributed by atoms with Crippen molar-refractivity contribution in [3.8, 4) is 11.3 Å². The Hall–Kier alpha value is -3.08. The van der Waals surface area contributed by atoms with Crippen LogP contribution < -0.4 is 4.90 Å². The molecule has 1 aromatic heterocycles. The van der Waals surface area contributed by atoms with Crippen LogP contribution in [0.15, 0.2) is 78.9 Å². The highest BCUT2D eigenvalue weighted by molar-refractivity contribution is 6.30. The van der Waals surface area contributed by atoms with E-state index >= 15 is 0 Å². The van der Waals surface area contributed by atoms with Crippen LogP contribution >= 0.6 is 23.2 Å². The summed E-state index contributed by atoms with van der Waals surface area (Å²) >= 11 is 12.2. The van der Waals surface area contributed by atoms with Crippen molar-refractivity contribution in [1.29, 1.82) is 0 Å². The van der Waals surface area contributed by atoms with E-state index in [1.807, 2.05) is 78.9 Å². The number of fused-ring (bicyclic) bond motifs is 1. The van der Waals surface area contributed by atoms with Gasteiger partial charge in [0.05, 0.1) is 11.7 Å². The Bertz CT molecular complexity index is 1190. The molecule has 0 saturated heterocycles. The van der Waals surface area contributed by atoms with Crippen molar-refractivity contribution in [2.45, 2.75) is 6.04 Å². The van der Waals surface area contributed by atoms with Gasteiger partial charge in [0.1, 0.15) is 5.69 Å². The number of halogens is 2. The van der Waals surface area contributed by atoms with Crippen molar-refractivity contribution < 1.29 is 4.79 Å². The summed E-state index contributed by atoms with van der Waals surface area (Å²) in [6.07, 6.45) is 0. The summed E-state index contributed by atoms with van der Waals surface area (Å²) in [5.41, 5.74) is 4.77. The van der Waals surface area contributed by atoms with Crippen molar-refractivity contribution in [3.63, 3.8) is 0 Å². The molecular formula is C23H15Cl2N3O. The number of nitrogens with one attached hydrogen (secondary N) is 1. The minimum atomic E-state index is -0.318. The second-order valence-corrected chi connectivity index (χ2v) is 7.71. The van der Waals surface area contributed by atoms with Gasteiger partial charge in [-0.05, 0) is 42.0 Å². The average molecular weight is 420 g/mol. The van der Waals surface area contributed by atoms with Crippen LogP contribution in [0.5, 0.6) is 0 Å². The van der Waals surface area contributed by atoms with Crippen LogP contribution in [-0.2, 0) is 0 Å². The first-order valence-electron chi connectivity index (χ1n) is 9.12. The van der Waals surface area contributed by atoms with Crippen molar-refractivity contribution in [3.05, 3.63) is 106 Å². The van der Waals surface area contributed by atoms with Gasteiger partial charge in [-0.15, -0.1) is 0 Å². The quantitative estimate of drug-likeness (QED) is 0.433. The van der Waals surface area contributed by atoms with Crippen molar-refractivity contribution in [1.82, 2.24) is 10.2 Å². The smallest absolute Gasteiger partial charge is 0.277 e. The number of aromatic nitrogens is 2. The van der Waals surface area contributed by atoms with Gasteiger partial charge < -0.3 is 0 Å². The number of carbonyl (C=O) groups excluding carboxylic acids is 1. The molecule has 29 heavy (non-hydrogen) atoms. The Morgan fingerprint density at radius 1 is 0.828 bits per heavy atom. The van der Waals surface area contributed by atoms with Gasteiger partial charge in [-0.2, -0.15) is 5.10 Å². The molecule has 1 aliphatic heterocycles. The molecule has 0 saturated carbocycles. The Morgan fingerprint density at radius 3 is 2.10 bits per heavy atom. The molecule has 4 nitrogen and oxygen atoms in total. The zero-order chi connectivity index (χ0) is 20.0. The molecule has 1 N–H and O–H groups in total. The fourth-order valence-electron chi connectivity index (χ4n) is 3.79. The molecule has 1 unspecified atom stereocenters. The number of hydrogen-bond donors (Lipinski definition) is 1. The Morgan fingerprint density at radius 2 is 1.45 bits per heavy atom. The predicted molar refractivity (Wildman–Crippen MR) is 116 cm³/mol. The number of anilines is 1. The highest BCUT2D eigenvalue weighted by atomic mass is 35.5. The maximum absolute atomic E-state index is 13.4. The minimum absolute atomic E-state index is 0.112. The Kier molecular flexibility index (Phi) is 4.38. The van der Waals surface area contributed by atoms with Crippen LogP contribution in [0.3, 0.4) is 0 Å². The van der Waals surface area contributed by atoms with Gasteiger partial charge in [-0.1, -0.05) is 65.7 Å². The van der Waals surface area contributed by atoms with E-state index in [4.69, 9.17) is 23.2 Å². The first-order valence-corrected chi connectivity index (χ1v) is 9.87. The van der Waals surface area contributed by atoms with Crippen molar-refractivity contribution in [2.75, 3.05) is 4.90 Å². The molecule has 5 rings (SSSR count). The number of amides is 1. The van der Waals surface area contributed by atoms with Gasteiger partial charge in [-0.3, -0.25) is 14.8 Å². The van der Waals surface area contributed by atoms with Crippen molar-refractivity contribution in [2.24, 2.45) is 0 Å². The highest BCUT2D eigenvalue weighted by Crippen LogP contribution is 2.45. The number of carbonyl (C=O) groups is 1. The van der Waals surface area contributed by atoms with Gasteiger partial charge in [-0.25, -0.2) is 0 Å². The zero-order valence-electron chi connectivity index (χ0n) is 15.1. The summed E-state index contributed by atoms with van der Waals surface area (Å²) in [6, 6.07) is 24.4. The molecule has 0 fully saturated rings. The number of H-pyrrole nitrogens is 1. The first-order chi connectivity index (χ1) is 14.1. The molecule has 3 aromatic carbocycles. The lowest BCUT2D eigenvalue weighted by molar-refractivity contribution is 0.0989. The largest absolute Gasteiger partial charge is 0.295 e. The van der Waals surface area contributed by atoms with Crippen LogP contribution in [0.4, 0.5) is 5.69 Å². The third kappa shape index (κ3) is 3.01. The van der Waals surface area contributed by atoms with Crippen LogP contribution in [0, 0.1) is 0 Å². The highest BCUT2D eigenvalue weighted by Gasteiger charge is 2.42. The molecule has 4 aromatic rings. The third-order valence-electron chi connectivity index (χ3n) is 5.11. The number of rotatable bonds is 3. The first kappa shape index (κ1) is 18.0. The van der Waals surface area contributed by atoms with Gasteiger partial charge in [0.2, 0.25) is 0 Å². The lowest BCUT2D eigenvalue weighted by Gasteiger charge is -2.26. The fraction of sp³-hybridized carbons (Fsp3) is 0.0435. The standard InChI is InChI=1S/C23H15Cl2N3O/c24-16-10-6-14(7-11-16)20-19-21(27-26-20)23(29)28(18-4-2-1-3-5-18)22(19)15-8-12-17(25)13-9-15/h1-13,22H,(H,26,27). The van der Waals surface area contributed by atoms with E-state index in [0.717, 1.165) is 28.1 Å².